The highest BCUT2D eigenvalue weighted by Gasteiger charge is 2.34. The number of nitrogens with two attached hydrogens (primary N) is 4. The molecule has 662 valence electrons. The van der Waals surface area contributed by atoms with Crippen LogP contribution in [0.25, 0.3) is 0 Å². The first-order valence-corrected chi connectivity index (χ1v) is 45.2. The average molecular weight is 1690 g/mol. The van der Waals surface area contributed by atoms with Gasteiger partial charge in [0, 0.05) is 107 Å². The minimum atomic E-state index is -0.105. The molecule has 4 aromatic heterocycles. The molecule has 16 rings (SSSR count). The fourth-order valence-corrected chi connectivity index (χ4v) is 17.5. The summed E-state index contributed by atoms with van der Waals surface area (Å²) in [5.41, 5.74) is 37.4. The Morgan fingerprint density at radius 1 is 0.355 bits per heavy atom. The van der Waals surface area contributed by atoms with Crippen molar-refractivity contribution in [3.63, 3.8) is 0 Å². The number of ether oxygens (including phenoxy) is 4. The van der Waals surface area contributed by atoms with Crippen LogP contribution in [0.3, 0.4) is 0 Å². The molecule has 0 radical (unpaired) electrons. The molecule has 29 nitrogen and oxygen atoms in total. The standard InChI is InChI=1S/C26H35N5O4.C24H33N5O.C23H31N5O2.C22H29N5O2/c1-3-4-12-35-26-28-23(27)22-14-21(32)17-31(24(22)29-26)16-19-7-5-6-18(13-19)15-30-10-8-20(9-11-30)25(33)34-2;1-2-3-4-10-22-26-23(25)21-14-20(30)17-29(24(21)27-22)16-19-9-7-8-18(13-19)15-28-11-5-6-12-28;1-2-3-11-30-23-25-21(24)20-13-19(29)16-28(22(20)26-23)15-18-8-6-7-17(12-18)14-27-9-4-5-10-27;1-2-10-29-22-24-20(23)19-12-18(28)15-27(21(19)25-22)14-17-7-5-6-16(11-17)13-26-8-3-4-9-26/h5-7,13,20H,3-4,8-12,14-17H2,1-2H3,(H2,27,28,29);7-9,13H,2-6,10-12,14-17H2,1H3,(H2,25,26,27);6-8,12H,2-5,9-11,13-16H2,1H3,(H2,24,25,26);5-7,11H,2-4,8-10,12-15H2,1H3,(H2,23,24,25). The number of aryl methyl sites for hydroxylation is 1. The number of carbonyl (C=O) groups excluding carboxylic acids is 5. The summed E-state index contributed by atoms with van der Waals surface area (Å²) in [5.74, 6) is 5.63. The van der Waals surface area contributed by atoms with Crippen LogP contribution < -0.4 is 56.7 Å². The van der Waals surface area contributed by atoms with Gasteiger partial charge in [0.2, 0.25) is 0 Å². The number of anilines is 8. The molecule has 0 atom stereocenters. The van der Waals surface area contributed by atoms with Crippen molar-refractivity contribution in [2.45, 2.75) is 215 Å². The lowest BCUT2D eigenvalue weighted by molar-refractivity contribution is -0.147. The van der Waals surface area contributed by atoms with Crippen molar-refractivity contribution in [3.05, 3.63) is 170 Å². The molecule has 8 aliphatic rings. The molecule has 0 spiro atoms. The van der Waals surface area contributed by atoms with Gasteiger partial charge in [-0.15, -0.1) is 0 Å². The second-order valence-electron chi connectivity index (χ2n) is 34.2. The Morgan fingerprint density at radius 2 is 0.645 bits per heavy atom. The van der Waals surface area contributed by atoms with Crippen molar-refractivity contribution < 1.29 is 42.9 Å². The third kappa shape index (κ3) is 25.6. The molecule has 4 fully saturated rings. The number of Topliss-reactive ketones (excluding diaryl/α,β-unsaturated/α-hetero) is 4. The summed E-state index contributed by atoms with van der Waals surface area (Å²) in [4.78, 5) is 115. The van der Waals surface area contributed by atoms with Crippen molar-refractivity contribution in [3.8, 4) is 18.0 Å². The number of methoxy groups -OCH3 is 1. The molecule has 124 heavy (non-hydrogen) atoms. The Morgan fingerprint density at radius 3 is 0.952 bits per heavy atom. The van der Waals surface area contributed by atoms with E-state index in [9.17, 15) is 24.0 Å². The number of fused-ring (bicyclic) bond motifs is 4. The van der Waals surface area contributed by atoms with Crippen LogP contribution in [0.2, 0.25) is 0 Å². The van der Waals surface area contributed by atoms with E-state index in [1.165, 1.54) is 113 Å². The van der Waals surface area contributed by atoms with Crippen molar-refractivity contribution in [2.24, 2.45) is 5.92 Å². The fourth-order valence-electron chi connectivity index (χ4n) is 17.5. The largest absolute Gasteiger partial charge is 0.469 e. The number of unbranched alkanes of at least 4 members (excludes halogenated alkanes) is 4. The second kappa shape index (κ2) is 45.1. The molecule has 4 saturated heterocycles. The first-order chi connectivity index (χ1) is 60.3. The molecule has 0 amide bonds. The van der Waals surface area contributed by atoms with E-state index < -0.39 is 0 Å². The first kappa shape index (κ1) is 90.7. The zero-order valence-electron chi connectivity index (χ0n) is 73.6. The van der Waals surface area contributed by atoms with E-state index in [4.69, 9.17) is 46.9 Å². The van der Waals surface area contributed by atoms with E-state index in [2.05, 4.69) is 171 Å². The number of rotatable bonds is 32. The maximum absolute atomic E-state index is 12.5. The van der Waals surface area contributed by atoms with E-state index in [1.807, 2.05) is 27.7 Å². The predicted octanol–water partition coefficient (Wildman–Crippen LogP) is 11.8. The smallest absolute Gasteiger partial charge is 0.320 e. The van der Waals surface area contributed by atoms with E-state index in [-0.39, 0.29) is 72.8 Å². The SMILES string of the molecule is CCCCCc1nc(N)c2c(n1)N(Cc1cccc(CN3CCCC3)c1)CC(=O)C2.CCCCOc1nc(N)c2c(n1)N(Cc1cccc(CN3CCC(C(=O)OC)CC3)c1)CC(=O)C2.CCCCOc1nc(N)c2c(n1)N(Cc1cccc(CN3CCCC3)c1)CC(=O)C2.CCCOc1nc(N)c2c(n1)N(Cc1cccc(CN3CCCC3)c1)CC(=O)C2. The summed E-state index contributed by atoms with van der Waals surface area (Å²) in [6.45, 7) is 26.4. The van der Waals surface area contributed by atoms with E-state index in [1.54, 1.807) is 0 Å². The third-order valence-electron chi connectivity index (χ3n) is 23.9. The summed E-state index contributed by atoms with van der Waals surface area (Å²) < 4.78 is 21.9. The van der Waals surface area contributed by atoms with Gasteiger partial charge < -0.3 is 61.5 Å². The van der Waals surface area contributed by atoms with Crippen LogP contribution in [0, 0.1) is 5.92 Å². The van der Waals surface area contributed by atoms with Crippen molar-refractivity contribution in [1.29, 1.82) is 0 Å². The minimum Gasteiger partial charge on any atom is -0.469 e. The minimum absolute atomic E-state index is 0.00422. The topological polar surface area (TPSA) is 355 Å². The summed E-state index contributed by atoms with van der Waals surface area (Å²) in [5, 5.41) is 0. The zero-order valence-corrected chi connectivity index (χ0v) is 73.6. The number of benzene rings is 4. The fraction of sp³-hybridized carbons (Fsp3) is 0.526. The number of likely N-dealkylation sites (tertiary alicyclic amines) is 4. The average Bonchev–Trinajstić information content (AvgIpc) is 1.13. The zero-order chi connectivity index (χ0) is 86.9. The predicted molar refractivity (Wildman–Crippen MR) is 484 cm³/mol. The van der Waals surface area contributed by atoms with Crippen molar-refractivity contribution >= 4 is 75.6 Å². The lowest BCUT2D eigenvalue weighted by Gasteiger charge is -2.31. The quantitative estimate of drug-likeness (QED) is 0.0225. The van der Waals surface area contributed by atoms with Gasteiger partial charge in [0.1, 0.15) is 52.4 Å². The molecule has 4 aromatic carbocycles. The maximum Gasteiger partial charge on any atom is 0.320 e. The maximum atomic E-state index is 12.5. The van der Waals surface area contributed by atoms with Crippen molar-refractivity contribution in [2.75, 3.05) is 148 Å². The van der Waals surface area contributed by atoms with Gasteiger partial charge in [0.15, 0.2) is 23.1 Å². The number of esters is 1. The van der Waals surface area contributed by atoms with Crippen LogP contribution in [0.5, 0.6) is 18.0 Å². The van der Waals surface area contributed by atoms with Gasteiger partial charge in [-0.1, -0.05) is 150 Å². The Labute approximate surface area is 730 Å². The van der Waals surface area contributed by atoms with Gasteiger partial charge in [-0.3, -0.25) is 43.6 Å². The van der Waals surface area contributed by atoms with Gasteiger partial charge in [-0.2, -0.15) is 29.9 Å². The Hall–Kier alpha value is -11.0. The summed E-state index contributed by atoms with van der Waals surface area (Å²) in [6.07, 6.45) is 19.5. The molecular weight excluding hydrogens is 1570 g/mol. The number of hydrogen-bond donors (Lipinski definition) is 4. The number of ketones is 4. The molecule has 0 aliphatic carbocycles. The highest BCUT2D eigenvalue weighted by atomic mass is 16.5. The number of carbonyl (C=O) groups is 5. The van der Waals surface area contributed by atoms with Crippen LogP contribution in [0.1, 0.15) is 203 Å². The van der Waals surface area contributed by atoms with Crippen LogP contribution in [0.15, 0.2) is 97.1 Å². The summed E-state index contributed by atoms with van der Waals surface area (Å²) in [7, 11) is 1.45. The lowest BCUT2D eigenvalue weighted by Crippen LogP contribution is -2.37. The van der Waals surface area contributed by atoms with Gasteiger partial charge in [0.25, 0.3) is 0 Å². The van der Waals surface area contributed by atoms with Crippen LogP contribution in [-0.2, 0) is 113 Å². The normalized spacial score (nSPS) is 16.8. The number of aromatic nitrogens is 8. The number of nitrogen functional groups attached to an aromatic ring is 4. The van der Waals surface area contributed by atoms with Gasteiger partial charge in [-0.05, 0) is 174 Å². The lowest BCUT2D eigenvalue weighted by atomic mass is 9.96. The van der Waals surface area contributed by atoms with Gasteiger partial charge >= 0.3 is 24.0 Å². The molecule has 12 heterocycles. The highest BCUT2D eigenvalue weighted by Crippen LogP contribution is 2.36. The van der Waals surface area contributed by atoms with Gasteiger partial charge in [0.05, 0.1) is 59.0 Å². The molecule has 8 aliphatic heterocycles. The Bertz CT molecular complexity index is 4780. The number of nitrogens with zero attached hydrogens (tertiary/aromatic N) is 16. The number of hydrogen-bond acceptors (Lipinski definition) is 29. The molecule has 29 heteroatoms. The molecule has 8 N–H and O–H groups in total. The molecule has 8 aromatic rings. The Balaban J connectivity index is 0.000000142. The van der Waals surface area contributed by atoms with E-state index in [0.717, 1.165) is 150 Å². The van der Waals surface area contributed by atoms with Gasteiger partial charge in [-0.25, -0.2) is 9.97 Å². The number of piperidine rings is 1. The molecule has 0 saturated carbocycles. The van der Waals surface area contributed by atoms with Crippen LogP contribution >= 0.6 is 0 Å². The monoisotopic (exact) mass is 1690 g/mol. The van der Waals surface area contributed by atoms with Crippen molar-refractivity contribution in [1.82, 2.24) is 59.5 Å². The third-order valence-corrected chi connectivity index (χ3v) is 23.9. The molecule has 0 bridgehead atoms. The second-order valence-corrected chi connectivity index (χ2v) is 34.2. The summed E-state index contributed by atoms with van der Waals surface area (Å²) in [6, 6.07) is 35.2. The molecule has 0 unspecified atom stereocenters. The van der Waals surface area contributed by atoms with E-state index in [0.29, 0.717) is 130 Å². The van der Waals surface area contributed by atoms with E-state index >= 15 is 0 Å². The summed E-state index contributed by atoms with van der Waals surface area (Å²) >= 11 is 0. The Kier molecular flexibility index (Phi) is 33.0. The van der Waals surface area contributed by atoms with Crippen LogP contribution in [-0.4, -0.2) is 194 Å². The first-order valence-electron chi connectivity index (χ1n) is 45.2. The van der Waals surface area contributed by atoms with Crippen LogP contribution in [0.4, 0.5) is 46.5 Å². The molecular formula is C95H128N20O9. The highest BCUT2D eigenvalue weighted by molar-refractivity contribution is 5.93.